The van der Waals surface area contributed by atoms with Crippen molar-refractivity contribution in [3.8, 4) is 5.75 Å². The highest BCUT2D eigenvalue weighted by Gasteiger charge is 2.30. The van der Waals surface area contributed by atoms with E-state index in [2.05, 4.69) is 11.6 Å². The Hall–Kier alpha value is -0.740. The topological polar surface area (TPSA) is 21.3 Å². The van der Waals surface area contributed by atoms with Crippen LogP contribution in [-0.4, -0.2) is 24.7 Å². The molecule has 2 nitrogen and oxygen atoms in total. The zero-order valence-electron chi connectivity index (χ0n) is 12.4. The largest absolute Gasteiger partial charge is 0.494 e. The molecule has 1 fully saturated rings. The number of benzene rings is 1. The lowest BCUT2D eigenvalue weighted by molar-refractivity contribution is 0.378. The first-order valence-electron chi connectivity index (χ1n) is 7.27. The van der Waals surface area contributed by atoms with E-state index < -0.39 is 0 Å². The molecule has 0 saturated heterocycles. The Morgan fingerprint density at radius 1 is 1.30 bits per heavy atom. The summed E-state index contributed by atoms with van der Waals surface area (Å²) in [5, 5.41) is 3.50. The van der Waals surface area contributed by atoms with Crippen molar-refractivity contribution in [2.24, 2.45) is 0 Å². The molecule has 0 amide bonds. The molecule has 1 aromatic carbocycles. The summed E-state index contributed by atoms with van der Waals surface area (Å²) in [7, 11) is 1.49. The molecule has 20 heavy (non-hydrogen) atoms. The molecule has 0 aliphatic heterocycles. The molecule has 112 valence electrons. The Morgan fingerprint density at radius 2 is 2.05 bits per heavy atom. The molecule has 1 aliphatic rings. The lowest BCUT2D eigenvalue weighted by Gasteiger charge is -2.36. The van der Waals surface area contributed by atoms with Gasteiger partial charge in [-0.05, 0) is 36.8 Å². The van der Waals surface area contributed by atoms with Crippen LogP contribution in [0.4, 0.5) is 4.39 Å². The zero-order chi connectivity index (χ0) is 14.4. The van der Waals surface area contributed by atoms with Gasteiger partial charge in [-0.25, -0.2) is 4.39 Å². The lowest BCUT2D eigenvalue weighted by Crippen LogP contribution is -2.39. The maximum atomic E-state index is 13.6. The van der Waals surface area contributed by atoms with Gasteiger partial charge >= 0.3 is 0 Å². The summed E-state index contributed by atoms with van der Waals surface area (Å²) >= 11 is 1.98. The van der Waals surface area contributed by atoms with E-state index in [0.717, 1.165) is 12.1 Å². The average molecular weight is 297 g/mol. The molecule has 0 heterocycles. The van der Waals surface area contributed by atoms with Crippen molar-refractivity contribution in [3.63, 3.8) is 0 Å². The minimum absolute atomic E-state index is 0.288. The highest BCUT2D eigenvalue weighted by molar-refractivity contribution is 8.00. The standard InChI is InChI=1S/C16H24FNOS/c1-19-15-7-6-13(10-14(15)17)11-18-12-16(20-2)8-4-3-5-9-16/h6-7,10,18H,3-5,8-9,11-12H2,1-2H3. The second-order valence-corrected chi connectivity index (χ2v) is 6.79. The van der Waals surface area contributed by atoms with Gasteiger partial charge < -0.3 is 10.1 Å². The molecule has 1 aliphatic carbocycles. The van der Waals surface area contributed by atoms with Crippen LogP contribution in [-0.2, 0) is 6.54 Å². The van der Waals surface area contributed by atoms with Crippen LogP contribution < -0.4 is 10.1 Å². The third-order valence-corrected chi connectivity index (χ3v) is 5.61. The molecular formula is C16H24FNOS. The molecule has 1 N–H and O–H groups in total. The first kappa shape index (κ1) is 15.6. The van der Waals surface area contributed by atoms with Gasteiger partial charge in [-0.2, -0.15) is 11.8 Å². The molecule has 2 rings (SSSR count). The summed E-state index contributed by atoms with van der Waals surface area (Å²) in [6.07, 6.45) is 8.82. The first-order chi connectivity index (χ1) is 9.69. The van der Waals surface area contributed by atoms with Gasteiger partial charge in [-0.15, -0.1) is 0 Å². The fourth-order valence-corrected chi connectivity index (χ4v) is 3.85. The summed E-state index contributed by atoms with van der Waals surface area (Å²) < 4.78 is 18.9. The SMILES string of the molecule is COc1ccc(CNCC2(SC)CCCCC2)cc1F. The fourth-order valence-electron chi connectivity index (χ4n) is 2.90. The summed E-state index contributed by atoms with van der Waals surface area (Å²) in [6, 6.07) is 5.16. The van der Waals surface area contributed by atoms with Crippen molar-refractivity contribution in [3.05, 3.63) is 29.6 Å². The molecule has 0 unspecified atom stereocenters. The molecule has 0 aromatic heterocycles. The van der Waals surface area contributed by atoms with E-state index in [1.807, 2.05) is 17.8 Å². The highest BCUT2D eigenvalue weighted by Crippen LogP contribution is 2.38. The Balaban J connectivity index is 1.87. The van der Waals surface area contributed by atoms with Crippen molar-refractivity contribution < 1.29 is 9.13 Å². The molecule has 4 heteroatoms. The molecular weight excluding hydrogens is 273 g/mol. The monoisotopic (exact) mass is 297 g/mol. The molecule has 0 atom stereocenters. The van der Waals surface area contributed by atoms with E-state index in [1.54, 1.807) is 12.1 Å². The minimum Gasteiger partial charge on any atom is -0.494 e. The van der Waals surface area contributed by atoms with Gasteiger partial charge in [-0.3, -0.25) is 0 Å². The van der Waals surface area contributed by atoms with E-state index in [1.165, 1.54) is 39.2 Å². The van der Waals surface area contributed by atoms with Crippen LogP contribution in [0.3, 0.4) is 0 Å². The normalized spacial score (nSPS) is 17.9. The number of ether oxygens (including phenoxy) is 1. The maximum Gasteiger partial charge on any atom is 0.165 e. The van der Waals surface area contributed by atoms with E-state index >= 15 is 0 Å². The van der Waals surface area contributed by atoms with Crippen molar-refractivity contribution >= 4 is 11.8 Å². The third kappa shape index (κ3) is 3.89. The highest BCUT2D eigenvalue weighted by atomic mass is 32.2. The van der Waals surface area contributed by atoms with Crippen LogP contribution in [0, 0.1) is 5.82 Å². The molecule has 0 bridgehead atoms. The fraction of sp³-hybridized carbons (Fsp3) is 0.625. The van der Waals surface area contributed by atoms with Crippen LogP contribution in [0.2, 0.25) is 0 Å². The number of thioether (sulfide) groups is 1. The Bertz CT molecular complexity index is 432. The van der Waals surface area contributed by atoms with Gasteiger partial charge in [0.2, 0.25) is 0 Å². The second-order valence-electron chi connectivity index (χ2n) is 5.52. The summed E-state index contributed by atoms with van der Waals surface area (Å²) in [5.41, 5.74) is 0.968. The average Bonchev–Trinajstić information content (AvgIpc) is 2.48. The van der Waals surface area contributed by atoms with Gasteiger partial charge in [0.25, 0.3) is 0 Å². The van der Waals surface area contributed by atoms with Crippen LogP contribution in [0.15, 0.2) is 18.2 Å². The van der Waals surface area contributed by atoms with E-state index in [-0.39, 0.29) is 5.82 Å². The van der Waals surface area contributed by atoms with Crippen LogP contribution >= 0.6 is 11.8 Å². The van der Waals surface area contributed by atoms with E-state index in [0.29, 0.717) is 17.0 Å². The van der Waals surface area contributed by atoms with Gasteiger partial charge in [0.15, 0.2) is 11.6 Å². The summed E-state index contributed by atoms with van der Waals surface area (Å²) in [5.74, 6) is 0.0191. The minimum atomic E-state index is -0.288. The molecule has 1 saturated carbocycles. The van der Waals surface area contributed by atoms with Gasteiger partial charge in [0.05, 0.1) is 7.11 Å². The molecule has 0 spiro atoms. The van der Waals surface area contributed by atoms with E-state index in [9.17, 15) is 4.39 Å². The number of hydrogen-bond acceptors (Lipinski definition) is 3. The number of hydrogen-bond donors (Lipinski definition) is 1. The Kier molecular flexibility index (Phi) is 5.73. The van der Waals surface area contributed by atoms with Crippen molar-refractivity contribution in [1.29, 1.82) is 0 Å². The van der Waals surface area contributed by atoms with Crippen molar-refractivity contribution in [2.75, 3.05) is 19.9 Å². The lowest BCUT2D eigenvalue weighted by atomic mass is 9.88. The van der Waals surface area contributed by atoms with Gasteiger partial charge in [-0.1, -0.05) is 25.3 Å². The van der Waals surface area contributed by atoms with E-state index in [4.69, 9.17) is 4.74 Å². The van der Waals surface area contributed by atoms with Crippen LogP contribution in [0.25, 0.3) is 0 Å². The summed E-state index contributed by atoms with van der Waals surface area (Å²) in [6.45, 7) is 1.71. The van der Waals surface area contributed by atoms with Gasteiger partial charge in [0, 0.05) is 17.8 Å². The van der Waals surface area contributed by atoms with Crippen molar-refractivity contribution in [1.82, 2.24) is 5.32 Å². The van der Waals surface area contributed by atoms with Crippen LogP contribution in [0.5, 0.6) is 5.75 Å². The second kappa shape index (κ2) is 7.32. The maximum absolute atomic E-state index is 13.6. The number of methoxy groups -OCH3 is 1. The predicted octanol–water partition coefficient (Wildman–Crippen LogP) is 3.99. The smallest absolute Gasteiger partial charge is 0.165 e. The molecule has 1 aromatic rings. The quantitative estimate of drug-likeness (QED) is 0.858. The molecule has 0 radical (unpaired) electrons. The number of nitrogens with one attached hydrogen (secondary N) is 1. The summed E-state index contributed by atoms with van der Waals surface area (Å²) in [4.78, 5) is 0. The Labute approximate surface area is 125 Å². The number of rotatable bonds is 6. The predicted molar refractivity (Wildman–Crippen MR) is 84.0 cm³/mol. The third-order valence-electron chi connectivity index (χ3n) is 4.19. The van der Waals surface area contributed by atoms with Crippen LogP contribution in [0.1, 0.15) is 37.7 Å². The number of halogens is 1. The first-order valence-corrected chi connectivity index (χ1v) is 8.50. The van der Waals surface area contributed by atoms with Crippen molar-refractivity contribution in [2.45, 2.75) is 43.4 Å². The van der Waals surface area contributed by atoms with Gasteiger partial charge in [0.1, 0.15) is 0 Å². The zero-order valence-corrected chi connectivity index (χ0v) is 13.2. The Morgan fingerprint density at radius 3 is 2.65 bits per heavy atom.